The summed E-state index contributed by atoms with van der Waals surface area (Å²) in [5.41, 5.74) is -1.01. The number of nitro groups is 1. The minimum atomic E-state index is -1.44. The maximum atomic E-state index is 10.7. The van der Waals surface area contributed by atoms with Crippen LogP contribution >= 0.6 is 15.9 Å². The lowest BCUT2D eigenvalue weighted by atomic mass is 10.1. The molecule has 7 heteroatoms. The first-order valence-electron chi connectivity index (χ1n) is 3.58. The average Bonchev–Trinajstić information content (AvgIpc) is 2.16. The predicted octanol–water partition coefficient (Wildman–Crippen LogP) is 1.93. The number of nitro benzene ring substituents is 1. The number of carbonyl (C=O) groups is 1. The Kier molecular flexibility index (Phi) is 3.01. The molecule has 0 aliphatic carbocycles. The smallest absolute Gasteiger partial charge is 0.342 e. The second-order valence-electron chi connectivity index (χ2n) is 2.52. The van der Waals surface area contributed by atoms with Crippen molar-refractivity contribution in [2.24, 2.45) is 0 Å². The van der Waals surface area contributed by atoms with Crippen LogP contribution in [0, 0.1) is 21.4 Å². The van der Waals surface area contributed by atoms with Crippen LogP contribution in [0.4, 0.5) is 5.69 Å². The Hall–Kier alpha value is -1.94. The van der Waals surface area contributed by atoms with Crippen molar-refractivity contribution < 1.29 is 14.8 Å². The highest BCUT2D eigenvalue weighted by Crippen LogP contribution is 2.27. The summed E-state index contributed by atoms with van der Waals surface area (Å²) in [4.78, 5) is 20.4. The van der Waals surface area contributed by atoms with Gasteiger partial charge in [0.25, 0.3) is 5.69 Å². The predicted molar refractivity (Wildman–Crippen MR) is 52.5 cm³/mol. The van der Waals surface area contributed by atoms with Crippen LogP contribution in [0.3, 0.4) is 0 Å². The monoisotopic (exact) mass is 270 g/mol. The zero-order valence-corrected chi connectivity index (χ0v) is 8.69. The summed E-state index contributed by atoms with van der Waals surface area (Å²) >= 11 is 2.94. The number of benzene rings is 1. The molecular weight excluding hydrogens is 268 g/mol. The van der Waals surface area contributed by atoms with Gasteiger partial charge < -0.3 is 5.11 Å². The molecule has 0 aliphatic heterocycles. The van der Waals surface area contributed by atoms with E-state index < -0.39 is 22.1 Å². The summed E-state index contributed by atoms with van der Waals surface area (Å²) in [6.45, 7) is 0. The summed E-state index contributed by atoms with van der Waals surface area (Å²) in [5, 5.41) is 27.8. The molecule has 0 fully saturated rings. The number of nitrogens with zero attached hydrogens (tertiary/aromatic N) is 2. The molecular formula is C8H3BrN2O4. The Balaban J connectivity index is 3.54. The van der Waals surface area contributed by atoms with E-state index in [2.05, 4.69) is 15.9 Å². The molecule has 0 saturated carbocycles. The molecule has 1 rings (SSSR count). The maximum absolute atomic E-state index is 10.7. The Morgan fingerprint density at radius 1 is 1.60 bits per heavy atom. The van der Waals surface area contributed by atoms with E-state index in [4.69, 9.17) is 10.4 Å². The minimum absolute atomic E-state index is 0.0398. The quantitative estimate of drug-likeness (QED) is 0.653. The van der Waals surface area contributed by atoms with Gasteiger partial charge >= 0.3 is 5.97 Å². The number of nitriles is 1. The van der Waals surface area contributed by atoms with E-state index in [9.17, 15) is 14.9 Å². The number of carboxylic acids is 1. The fourth-order valence-electron chi connectivity index (χ4n) is 0.971. The molecule has 0 radical (unpaired) electrons. The van der Waals surface area contributed by atoms with Crippen molar-refractivity contribution in [1.29, 1.82) is 5.26 Å². The summed E-state index contributed by atoms with van der Waals surface area (Å²) in [7, 11) is 0. The minimum Gasteiger partial charge on any atom is -0.477 e. The van der Waals surface area contributed by atoms with E-state index in [0.717, 1.165) is 12.1 Å². The van der Waals surface area contributed by atoms with Gasteiger partial charge in [-0.15, -0.1) is 0 Å². The molecule has 15 heavy (non-hydrogen) atoms. The van der Waals surface area contributed by atoms with E-state index in [1.807, 2.05) is 0 Å². The molecule has 1 aromatic carbocycles. The number of aromatic carboxylic acids is 1. The lowest BCUT2D eigenvalue weighted by Gasteiger charge is -2.00. The molecule has 0 heterocycles. The van der Waals surface area contributed by atoms with Crippen molar-refractivity contribution in [2.75, 3.05) is 0 Å². The Labute approximate surface area is 92.0 Å². The van der Waals surface area contributed by atoms with Gasteiger partial charge in [-0.3, -0.25) is 10.1 Å². The number of rotatable bonds is 2. The molecule has 0 amide bonds. The van der Waals surface area contributed by atoms with Crippen LogP contribution in [0.1, 0.15) is 15.9 Å². The van der Waals surface area contributed by atoms with Crippen LogP contribution < -0.4 is 0 Å². The first-order valence-corrected chi connectivity index (χ1v) is 4.38. The number of hydrogen-bond acceptors (Lipinski definition) is 4. The zero-order chi connectivity index (χ0) is 11.6. The Morgan fingerprint density at radius 2 is 2.20 bits per heavy atom. The zero-order valence-electron chi connectivity index (χ0n) is 7.10. The molecule has 1 N–H and O–H groups in total. The molecule has 0 bridgehead atoms. The van der Waals surface area contributed by atoms with E-state index >= 15 is 0 Å². The van der Waals surface area contributed by atoms with Crippen LogP contribution in [0.2, 0.25) is 0 Å². The van der Waals surface area contributed by atoms with Crippen LogP contribution in [0.5, 0.6) is 0 Å². The third-order valence-corrected chi connectivity index (χ3v) is 2.29. The van der Waals surface area contributed by atoms with Crippen LogP contribution in [0.15, 0.2) is 16.6 Å². The van der Waals surface area contributed by atoms with Gasteiger partial charge in [-0.1, -0.05) is 0 Å². The number of carboxylic acid groups (broad SMARTS) is 1. The first kappa shape index (κ1) is 11.1. The Bertz CT molecular complexity index is 492. The molecule has 76 valence electrons. The third kappa shape index (κ3) is 2.11. The topological polar surface area (TPSA) is 104 Å². The lowest BCUT2D eigenvalue weighted by molar-refractivity contribution is -0.385. The second-order valence-corrected chi connectivity index (χ2v) is 3.38. The highest BCUT2D eigenvalue weighted by atomic mass is 79.9. The summed E-state index contributed by atoms with van der Waals surface area (Å²) < 4.78 is 0.196. The van der Waals surface area contributed by atoms with Gasteiger partial charge in [-0.2, -0.15) is 5.26 Å². The standard InChI is InChI=1S/C8H3BrN2O4/c9-6-2-7(11(14)15)5(8(12)13)1-4(6)3-10/h1-2H,(H,12,13). The fourth-order valence-corrected chi connectivity index (χ4v) is 1.39. The van der Waals surface area contributed by atoms with Crippen molar-refractivity contribution in [3.05, 3.63) is 37.8 Å². The van der Waals surface area contributed by atoms with E-state index in [1.165, 1.54) is 0 Å². The van der Waals surface area contributed by atoms with Gasteiger partial charge in [-0.05, 0) is 22.0 Å². The van der Waals surface area contributed by atoms with Gasteiger partial charge in [0, 0.05) is 10.5 Å². The van der Waals surface area contributed by atoms with Gasteiger partial charge in [0.2, 0.25) is 0 Å². The van der Waals surface area contributed by atoms with Gasteiger partial charge in [0.15, 0.2) is 0 Å². The van der Waals surface area contributed by atoms with Crippen molar-refractivity contribution >= 4 is 27.6 Å². The molecule has 0 aliphatic rings. The van der Waals surface area contributed by atoms with Crippen LogP contribution in [0.25, 0.3) is 0 Å². The SMILES string of the molecule is N#Cc1cc(C(=O)O)c([N+](=O)[O-])cc1Br. The van der Waals surface area contributed by atoms with Gasteiger partial charge in [-0.25, -0.2) is 4.79 Å². The van der Waals surface area contributed by atoms with Crippen molar-refractivity contribution in [1.82, 2.24) is 0 Å². The van der Waals surface area contributed by atoms with Crippen LogP contribution in [-0.2, 0) is 0 Å². The summed E-state index contributed by atoms with van der Waals surface area (Å²) in [6.07, 6.45) is 0. The van der Waals surface area contributed by atoms with E-state index in [-0.39, 0.29) is 10.0 Å². The first-order chi connectivity index (χ1) is 6.97. The molecule has 6 nitrogen and oxygen atoms in total. The van der Waals surface area contributed by atoms with Crippen molar-refractivity contribution in [2.45, 2.75) is 0 Å². The summed E-state index contributed by atoms with van der Waals surface area (Å²) in [5.74, 6) is -1.44. The Morgan fingerprint density at radius 3 is 2.60 bits per heavy atom. The second kappa shape index (κ2) is 4.06. The molecule has 0 aromatic heterocycles. The number of hydrogen-bond donors (Lipinski definition) is 1. The highest BCUT2D eigenvalue weighted by Gasteiger charge is 2.22. The normalized spacial score (nSPS) is 9.33. The maximum Gasteiger partial charge on any atom is 0.342 e. The third-order valence-electron chi connectivity index (χ3n) is 1.63. The highest BCUT2D eigenvalue weighted by molar-refractivity contribution is 9.10. The van der Waals surface area contributed by atoms with E-state index in [0.29, 0.717) is 0 Å². The largest absolute Gasteiger partial charge is 0.477 e. The molecule has 0 unspecified atom stereocenters. The fraction of sp³-hybridized carbons (Fsp3) is 0. The van der Waals surface area contributed by atoms with Crippen LogP contribution in [-0.4, -0.2) is 16.0 Å². The van der Waals surface area contributed by atoms with Gasteiger partial charge in [0.1, 0.15) is 11.6 Å². The van der Waals surface area contributed by atoms with Gasteiger partial charge in [0.05, 0.1) is 10.5 Å². The molecule has 0 spiro atoms. The molecule has 0 saturated heterocycles. The van der Waals surface area contributed by atoms with E-state index in [1.54, 1.807) is 6.07 Å². The van der Waals surface area contributed by atoms with Crippen molar-refractivity contribution in [3.63, 3.8) is 0 Å². The summed E-state index contributed by atoms with van der Waals surface area (Å²) in [6, 6.07) is 3.69. The molecule has 1 aromatic rings. The number of halogens is 1. The average molecular weight is 271 g/mol. The molecule has 0 atom stereocenters. The van der Waals surface area contributed by atoms with Crippen molar-refractivity contribution in [3.8, 4) is 6.07 Å². The lowest BCUT2D eigenvalue weighted by Crippen LogP contribution is -2.03.